The summed E-state index contributed by atoms with van der Waals surface area (Å²) in [7, 11) is 1.34. The number of esters is 1. The molecule has 3 heteroatoms. The van der Waals surface area contributed by atoms with Crippen molar-refractivity contribution in [2.24, 2.45) is 5.41 Å². The lowest BCUT2D eigenvalue weighted by Crippen LogP contribution is -2.22. The van der Waals surface area contributed by atoms with Crippen LogP contribution in [0.3, 0.4) is 0 Å². The fraction of sp³-hybridized carbons (Fsp3) is 0.429. The molecule has 1 aromatic carbocycles. The first-order valence-corrected chi connectivity index (χ1v) is 5.55. The highest BCUT2D eigenvalue weighted by atomic mass is 16.5. The van der Waals surface area contributed by atoms with E-state index >= 15 is 0 Å². The molecule has 0 unspecified atom stereocenters. The summed E-state index contributed by atoms with van der Waals surface area (Å²) >= 11 is 0. The van der Waals surface area contributed by atoms with Crippen LogP contribution >= 0.6 is 0 Å². The number of hydrogen-bond donors (Lipinski definition) is 0. The maximum atomic E-state index is 11.9. The highest BCUT2D eigenvalue weighted by Crippen LogP contribution is 2.18. The second kappa shape index (κ2) is 5.13. The SMILES string of the molecule is COC(=O)c1cccc(CC(=O)C(C)(C)C)c1. The van der Waals surface area contributed by atoms with E-state index in [-0.39, 0.29) is 17.2 Å². The Bertz CT molecular complexity index is 427. The van der Waals surface area contributed by atoms with Crippen LogP contribution in [0.25, 0.3) is 0 Å². The number of hydrogen-bond acceptors (Lipinski definition) is 3. The van der Waals surface area contributed by atoms with Gasteiger partial charge in [-0.25, -0.2) is 4.79 Å². The molecular formula is C14H18O3. The number of Topliss-reactive ketones (excluding diaryl/α,β-unsaturated/α-hetero) is 1. The first-order chi connectivity index (χ1) is 7.84. The summed E-state index contributed by atoms with van der Waals surface area (Å²) in [6.07, 6.45) is 0.342. The van der Waals surface area contributed by atoms with E-state index < -0.39 is 0 Å². The minimum Gasteiger partial charge on any atom is -0.465 e. The zero-order valence-electron chi connectivity index (χ0n) is 10.7. The van der Waals surface area contributed by atoms with E-state index in [4.69, 9.17) is 0 Å². The average Bonchev–Trinajstić information content (AvgIpc) is 2.27. The maximum absolute atomic E-state index is 11.9. The van der Waals surface area contributed by atoms with Gasteiger partial charge in [-0.15, -0.1) is 0 Å². The van der Waals surface area contributed by atoms with Gasteiger partial charge in [-0.3, -0.25) is 4.79 Å². The predicted octanol–water partition coefficient (Wildman–Crippen LogP) is 2.63. The predicted molar refractivity (Wildman–Crippen MR) is 65.9 cm³/mol. The highest BCUT2D eigenvalue weighted by Gasteiger charge is 2.21. The molecule has 17 heavy (non-hydrogen) atoms. The van der Waals surface area contributed by atoms with Crippen molar-refractivity contribution in [2.75, 3.05) is 7.11 Å². The van der Waals surface area contributed by atoms with Crippen LogP contribution < -0.4 is 0 Å². The Morgan fingerprint density at radius 3 is 2.41 bits per heavy atom. The normalized spacial score (nSPS) is 11.1. The van der Waals surface area contributed by atoms with E-state index in [9.17, 15) is 9.59 Å². The minimum absolute atomic E-state index is 0.152. The summed E-state index contributed by atoms with van der Waals surface area (Å²) in [5, 5.41) is 0. The van der Waals surface area contributed by atoms with Crippen LogP contribution in [0.2, 0.25) is 0 Å². The van der Waals surface area contributed by atoms with Gasteiger partial charge in [0, 0.05) is 11.8 Å². The van der Waals surface area contributed by atoms with Gasteiger partial charge < -0.3 is 4.74 Å². The Labute approximate surface area is 102 Å². The largest absolute Gasteiger partial charge is 0.465 e. The van der Waals surface area contributed by atoms with Gasteiger partial charge in [0.05, 0.1) is 12.7 Å². The summed E-state index contributed by atoms with van der Waals surface area (Å²) in [5.74, 6) is -0.227. The molecule has 3 nitrogen and oxygen atoms in total. The molecular weight excluding hydrogens is 216 g/mol. The molecule has 0 aliphatic heterocycles. The molecule has 92 valence electrons. The van der Waals surface area contributed by atoms with Crippen LogP contribution in [0.5, 0.6) is 0 Å². The second-order valence-electron chi connectivity index (χ2n) is 5.04. The van der Waals surface area contributed by atoms with Gasteiger partial charge in [0.2, 0.25) is 0 Å². The molecule has 0 aliphatic rings. The lowest BCUT2D eigenvalue weighted by Gasteiger charge is -2.16. The van der Waals surface area contributed by atoms with Crippen LogP contribution in [0.4, 0.5) is 0 Å². The van der Waals surface area contributed by atoms with Crippen molar-refractivity contribution in [3.05, 3.63) is 35.4 Å². The smallest absolute Gasteiger partial charge is 0.337 e. The van der Waals surface area contributed by atoms with Gasteiger partial charge in [-0.05, 0) is 17.7 Å². The van der Waals surface area contributed by atoms with Gasteiger partial charge in [-0.2, -0.15) is 0 Å². The quantitative estimate of drug-likeness (QED) is 0.755. The average molecular weight is 234 g/mol. The first kappa shape index (κ1) is 13.4. The number of carbonyl (C=O) groups is 2. The second-order valence-corrected chi connectivity index (χ2v) is 5.04. The lowest BCUT2D eigenvalue weighted by atomic mass is 9.87. The molecule has 0 aliphatic carbocycles. The summed E-state index contributed by atoms with van der Waals surface area (Å²) in [6, 6.07) is 6.99. The molecule has 0 heterocycles. The van der Waals surface area contributed by atoms with Crippen LogP contribution in [-0.4, -0.2) is 18.9 Å². The minimum atomic E-state index is -0.380. The third kappa shape index (κ3) is 3.70. The number of carbonyl (C=O) groups excluding carboxylic acids is 2. The summed E-state index contributed by atoms with van der Waals surface area (Å²) in [6.45, 7) is 5.67. The van der Waals surface area contributed by atoms with Crippen LogP contribution in [0.15, 0.2) is 24.3 Å². The van der Waals surface area contributed by atoms with Gasteiger partial charge in [0.15, 0.2) is 0 Å². The van der Waals surface area contributed by atoms with E-state index in [1.807, 2.05) is 26.8 Å². The van der Waals surface area contributed by atoms with E-state index in [2.05, 4.69) is 4.74 Å². The summed E-state index contributed by atoms with van der Waals surface area (Å²) in [4.78, 5) is 23.2. The fourth-order valence-electron chi connectivity index (χ4n) is 1.38. The number of rotatable bonds is 3. The van der Waals surface area contributed by atoms with Crippen molar-refractivity contribution < 1.29 is 14.3 Å². The van der Waals surface area contributed by atoms with E-state index in [0.717, 1.165) is 5.56 Å². The Kier molecular flexibility index (Phi) is 4.05. The molecule has 0 aromatic heterocycles. The topological polar surface area (TPSA) is 43.4 Å². The molecule has 1 aromatic rings. The van der Waals surface area contributed by atoms with Crippen molar-refractivity contribution in [2.45, 2.75) is 27.2 Å². The molecule has 0 atom stereocenters. The summed E-state index contributed by atoms with van der Waals surface area (Å²) < 4.78 is 4.64. The number of ether oxygens (including phenoxy) is 1. The monoisotopic (exact) mass is 234 g/mol. The van der Waals surface area contributed by atoms with Crippen LogP contribution in [0, 0.1) is 5.41 Å². The molecule has 0 saturated heterocycles. The third-order valence-corrected chi connectivity index (χ3v) is 2.55. The van der Waals surface area contributed by atoms with Crippen LogP contribution in [0.1, 0.15) is 36.7 Å². The van der Waals surface area contributed by atoms with E-state index in [1.165, 1.54) is 7.11 Å². The van der Waals surface area contributed by atoms with Gasteiger partial charge in [0.25, 0.3) is 0 Å². The molecule has 0 fully saturated rings. The van der Waals surface area contributed by atoms with Gasteiger partial charge in [-0.1, -0.05) is 32.9 Å². The molecule has 0 bridgehead atoms. The summed E-state index contributed by atoms with van der Waals surface area (Å²) in [5.41, 5.74) is 0.959. The van der Waals surface area contributed by atoms with Crippen molar-refractivity contribution in [1.29, 1.82) is 0 Å². The van der Waals surface area contributed by atoms with Gasteiger partial charge >= 0.3 is 5.97 Å². The Morgan fingerprint density at radius 1 is 1.24 bits per heavy atom. The van der Waals surface area contributed by atoms with E-state index in [0.29, 0.717) is 12.0 Å². The Balaban J connectivity index is 2.87. The lowest BCUT2D eigenvalue weighted by molar-refractivity contribution is -0.125. The highest BCUT2D eigenvalue weighted by molar-refractivity contribution is 5.90. The molecule has 0 amide bonds. The van der Waals surface area contributed by atoms with E-state index in [1.54, 1.807) is 18.2 Å². The zero-order chi connectivity index (χ0) is 13.1. The fourth-order valence-corrected chi connectivity index (χ4v) is 1.38. The maximum Gasteiger partial charge on any atom is 0.337 e. The van der Waals surface area contributed by atoms with Crippen molar-refractivity contribution in [3.8, 4) is 0 Å². The molecule has 1 rings (SSSR count). The van der Waals surface area contributed by atoms with Gasteiger partial charge in [0.1, 0.15) is 5.78 Å². The standard InChI is InChI=1S/C14H18O3/c1-14(2,3)12(15)9-10-6-5-7-11(8-10)13(16)17-4/h5-8H,9H2,1-4H3. The van der Waals surface area contributed by atoms with Crippen molar-refractivity contribution in [3.63, 3.8) is 0 Å². The van der Waals surface area contributed by atoms with Crippen molar-refractivity contribution >= 4 is 11.8 Å². The molecule has 0 radical (unpaired) electrons. The number of methoxy groups -OCH3 is 1. The van der Waals surface area contributed by atoms with Crippen LogP contribution in [-0.2, 0) is 16.0 Å². The number of ketones is 1. The van der Waals surface area contributed by atoms with Crippen molar-refractivity contribution in [1.82, 2.24) is 0 Å². The molecule has 0 N–H and O–H groups in total. The molecule has 0 spiro atoms. The first-order valence-electron chi connectivity index (χ1n) is 5.55. The molecule has 0 saturated carbocycles. The Hall–Kier alpha value is -1.64. The third-order valence-electron chi connectivity index (χ3n) is 2.55. The zero-order valence-corrected chi connectivity index (χ0v) is 10.7. The Morgan fingerprint density at radius 2 is 1.88 bits per heavy atom. The number of benzene rings is 1.